The first-order valence-electron chi connectivity index (χ1n) is 6.62. The van der Waals surface area contributed by atoms with E-state index in [1.54, 1.807) is 29.7 Å². The SMILES string of the molecule is Cc1nc2c(s1)CCC[C@@H]2Nc1ncccc1C(N)=O. The van der Waals surface area contributed by atoms with E-state index in [9.17, 15) is 4.79 Å². The topological polar surface area (TPSA) is 80.9 Å². The van der Waals surface area contributed by atoms with Crippen LogP contribution in [0.4, 0.5) is 5.82 Å². The molecule has 0 aliphatic heterocycles. The molecule has 0 aromatic carbocycles. The summed E-state index contributed by atoms with van der Waals surface area (Å²) < 4.78 is 0. The first kappa shape index (κ1) is 13.1. The zero-order chi connectivity index (χ0) is 14.1. The second-order valence-electron chi connectivity index (χ2n) is 4.89. The molecule has 0 bridgehead atoms. The smallest absolute Gasteiger partial charge is 0.252 e. The number of hydrogen-bond acceptors (Lipinski definition) is 5. The zero-order valence-corrected chi connectivity index (χ0v) is 12.0. The van der Waals surface area contributed by atoms with Gasteiger partial charge in [-0.05, 0) is 38.3 Å². The number of fused-ring (bicyclic) bond motifs is 1. The number of nitrogens with zero attached hydrogens (tertiary/aromatic N) is 2. The fourth-order valence-electron chi connectivity index (χ4n) is 2.56. The van der Waals surface area contributed by atoms with Crippen LogP contribution in [0.25, 0.3) is 0 Å². The summed E-state index contributed by atoms with van der Waals surface area (Å²) in [7, 11) is 0. The predicted molar refractivity (Wildman–Crippen MR) is 78.9 cm³/mol. The Balaban J connectivity index is 1.91. The number of hydrogen-bond donors (Lipinski definition) is 2. The van der Waals surface area contributed by atoms with Crippen molar-refractivity contribution in [2.24, 2.45) is 5.73 Å². The van der Waals surface area contributed by atoms with E-state index in [1.165, 1.54) is 4.88 Å². The summed E-state index contributed by atoms with van der Waals surface area (Å²) >= 11 is 1.75. The van der Waals surface area contributed by atoms with Crippen LogP contribution in [-0.4, -0.2) is 15.9 Å². The van der Waals surface area contributed by atoms with E-state index in [2.05, 4.69) is 15.3 Å². The maximum atomic E-state index is 11.4. The maximum Gasteiger partial charge on any atom is 0.252 e. The Hall–Kier alpha value is -1.95. The van der Waals surface area contributed by atoms with Gasteiger partial charge < -0.3 is 11.1 Å². The molecule has 0 spiro atoms. The molecule has 0 saturated heterocycles. The quantitative estimate of drug-likeness (QED) is 0.909. The summed E-state index contributed by atoms with van der Waals surface area (Å²) in [5.74, 6) is 0.0783. The van der Waals surface area contributed by atoms with Crippen molar-refractivity contribution in [1.82, 2.24) is 9.97 Å². The van der Waals surface area contributed by atoms with Crippen LogP contribution in [0, 0.1) is 6.92 Å². The summed E-state index contributed by atoms with van der Waals surface area (Å²) in [5, 5.41) is 4.42. The van der Waals surface area contributed by atoms with E-state index >= 15 is 0 Å². The van der Waals surface area contributed by atoms with Crippen molar-refractivity contribution >= 4 is 23.1 Å². The highest BCUT2D eigenvalue weighted by Gasteiger charge is 2.25. The van der Waals surface area contributed by atoms with Crippen LogP contribution in [0.2, 0.25) is 0 Å². The number of nitrogens with two attached hydrogens (primary N) is 1. The van der Waals surface area contributed by atoms with Crippen LogP contribution in [0.3, 0.4) is 0 Å². The van der Waals surface area contributed by atoms with E-state index < -0.39 is 5.91 Å². The third-order valence-corrected chi connectivity index (χ3v) is 4.49. The number of aryl methyl sites for hydroxylation is 2. The van der Waals surface area contributed by atoms with E-state index in [4.69, 9.17) is 5.73 Å². The highest BCUT2D eigenvalue weighted by atomic mass is 32.1. The van der Waals surface area contributed by atoms with Crippen LogP contribution in [0.5, 0.6) is 0 Å². The van der Waals surface area contributed by atoms with Gasteiger partial charge in [-0.25, -0.2) is 9.97 Å². The Morgan fingerprint density at radius 2 is 2.40 bits per heavy atom. The van der Waals surface area contributed by atoms with Crippen molar-refractivity contribution < 1.29 is 4.79 Å². The molecule has 1 aliphatic carbocycles. The molecule has 2 heterocycles. The molecule has 2 aromatic rings. The minimum Gasteiger partial charge on any atom is -0.365 e. The lowest BCUT2D eigenvalue weighted by Crippen LogP contribution is -2.21. The van der Waals surface area contributed by atoms with Gasteiger partial charge in [0.1, 0.15) is 5.82 Å². The number of rotatable bonds is 3. The van der Waals surface area contributed by atoms with Crippen LogP contribution in [0.15, 0.2) is 18.3 Å². The Morgan fingerprint density at radius 1 is 1.55 bits per heavy atom. The van der Waals surface area contributed by atoms with Crippen molar-refractivity contribution in [3.8, 4) is 0 Å². The normalized spacial score (nSPS) is 17.6. The first-order valence-corrected chi connectivity index (χ1v) is 7.44. The van der Waals surface area contributed by atoms with Gasteiger partial charge in [0.05, 0.1) is 22.3 Å². The number of nitrogens with one attached hydrogen (secondary N) is 1. The highest BCUT2D eigenvalue weighted by Crippen LogP contribution is 2.35. The Morgan fingerprint density at radius 3 is 3.20 bits per heavy atom. The van der Waals surface area contributed by atoms with Gasteiger partial charge in [-0.2, -0.15) is 0 Å². The summed E-state index contributed by atoms with van der Waals surface area (Å²) in [6.45, 7) is 2.02. The van der Waals surface area contributed by atoms with Crippen molar-refractivity contribution in [3.63, 3.8) is 0 Å². The van der Waals surface area contributed by atoms with Crippen molar-refractivity contribution in [2.75, 3.05) is 5.32 Å². The lowest BCUT2D eigenvalue weighted by molar-refractivity contribution is 0.100. The number of primary amides is 1. The molecule has 0 fully saturated rings. The van der Waals surface area contributed by atoms with Gasteiger partial charge in [0.15, 0.2) is 0 Å². The van der Waals surface area contributed by atoms with Crippen LogP contribution in [0.1, 0.15) is 44.8 Å². The average Bonchev–Trinajstić information content (AvgIpc) is 2.80. The Labute approximate surface area is 121 Å². The molecule has 20 heavy (non-hydrogen) atoms. The first-order chi connectivity index (χ1) is 9.65. The molecule has 3 N–H and O–H groups in total. The van der Waals surface area contributed by atoms with Crippen LogP contribution < -0.4 is 11.1 Å². The Bertz CT molecular complexity index is 652. The van der Waals surface area contributed by atoms with Crippen LogP contribution >= 0.6 is 11.3 Å². The number of amides is 1. The predicted octanol–water partition coefficient (Wildman–Crippen LogP) is 2.43. The molecule has 0 saturated carbocycles. The minimum absolute atomic E-state index is 0.108. The second-order valence-corrected chi connectivity index (χ2v) is 6.18. The molecule has 5 nitrogen and oxygen atoms in total. The summed E-state index contributed by atoms with van der Waals surface area (Å²) in [6, 6.07) is 3.51. The number of aromatic nitrogens is 2. The molecular formula is C14H16N4OS. The van der Waals surface area contributed by atoms with Gasteiger partial charge in [0.2, 0.25) is 0 Å². The largest absolute Gasteiger partial charge is 0.365 e. The molecular weight excluding hydrogens is 272 g/mol. The number of anilines is 1. The van der Waals surface area contributed by atoms with Gasteiger partial charge in [-0.1, -0.05) is 0 Å². The summed E-state index contributed by atoms with van der Waals surface area (Å²) in [6.07, 6.45) is 4.85. The van der Waals surface area contributed by atoms with Gasteiger partial charge in [-0.3, -0.25) is 4.79 Å². The molecule has 6 heteroatoms. The molecule has 0 unspecified atom stereocenters. The lowest BCUT2D eigenvalue weighted by Gasteiger charge is -2.23. The van der Waals surface area contributed by atoms with Crippen LogP contribution in [-0.2, 0) is 6.42 Å². The maximum absolute atomic E-state index is 11.4. The van der Waals surface area contributed by atoms with E-state index in [0.717, 1.165) is 30.0 Å². The van der Waals surface area contributed by atoms with Crippen molar-refractivity contribution in [2.45, 2.75) is 32.2 Å². The third-order valence-electron chi connectivity index (χ3n) is 3.45. The molecule has 1 amide bonds. The standard InChI is InChI=1S/C14H16N4OS/c1-8-17-12-10(5-2-6-11(12)20-8)18-14-9(13(15)19)4-3-7-16-14/h3-4,7,10H,2,5-6H2,1H3,(H2,15,19)(H,16,18)/t10-/m0/s1. The minimum atomic E-state index is -0.467. The average molecular weight is 288 g/mol. The second kappa shape index (κ2) is 5.20. The number of pyridine rings is 1. The molecule has 0 radical (unpaired) electrons. The molecule has 1 aliphatic rings. The lowest BCUT2D eigenvalue weighted by atomic mass is 9.97. The van der Waals surface area contributed by atoms with Gasteiger partial charge in [0, 0.05) is 11.1 Å². The zero-order valence-electron chi connectivity index (χ0n) is 11.2. The highest BCUT2D eigenvalue weighted by molar-refractivity contribution is 7.11. The van der Waals surface area contributed by atoms with Gasteiger partial charge >= 0.3 is 0 Å². The van der Waals surface area contributed by atoms with Crippen molar-refractivity contribution in [1.29, 1.82) is 0 Å². The third kappa shape index (κ3) is 2.38. The van der Waals surface area contributed by atoms with E-state index in [1.807, 2.05) is 6.92 Å². The Kier molecular flexibility index (Phi) is 3.40. The van der Waals surface area contributed by atoms with Crippen molar-refractivity contribution in [3.05, 3.63) is 39.5 Å². The molecule has 3 rings (SSSR count). The summed E-state index contributed by atoms with van der Waals surface area (Å²) in [5.41, 5.74) is 6.91. The molecule has 104 valence electrons. The van der Waals surface area contributed by atoms with E-state index in [0.29, 0.717) is 11.4 Å². The number of carbonyl (C=O) groups excluding carboxylic acids is 1. The molecule has 2 aromatic heterocycles. The number of thiazole rings is 1. The van der Waals surface area contributed by atoms with Gasteiger partial charge in [0.25, 0.3) is 5.91 Å². The monoisotopic (exact) mass is 288 g/mol. The van der Waals surface area contributed by atoms with E-state index in [-0.39, 0.29) is 6.04 Å². The van der Waals surface area contributed by atoms with Gasteiger partial charge in [-0.15, -0.1) is 11.3 Å². The number of carbonyl (C=O) groups is 1. The fourth-order valence-corrected chi connectivity index (χ4v) is 3.60. The summed E-state index contributed by atoms with van der Waals surface area (Å²) in [4.78, 5) is 21.6. The molecule has 1 atom stereocenters. The fraction of sp³-hybridized carbons (Fsp3) is 0.357.